The molecule has 0 aliphatic carbocycles. The van der Waals surface area contributed by atoms with E-state index in [2.05, 4.69) is 19.4 Å². The number of benzene rings is 1. The molecule has 0 unspecified atom stereocenters. The van der Waals surface area contributed by atoms with Gasteiger partial charge in [0.1, 0.15) is 0 Å². The zero-order chi connectivity index (χ0) is 14.9. The summed E-state index contributed by atoms with van der Waals surface area (Å²) in [6.45, 7) is 1.57. The topological polar surface area (TPSA) is 65.2 Å². The number of carbonyl (C=O) groups excluding carboxylic acids is 1. The van der Waals surface area contributed by atoms with E-state index in [9.17, 15) is 22.4 Å². The minimum absolute atomic E-state index is 0.0386. The van der Waals surface area contributed by atoms with Crippen LogP contribution in [0.1, 0.15) is 17.5 Å². The molecule has 2 rings (SSSR count). The molecule has 0 bridgehead atoms. The Morgan fingerprint density at radius 3 is 2.60 bits per heavy atom. The number of halogens is 4. The van der Waals surface area contributed by atoms with E-state index in [1.54, 1.807) is 0 Å². The monoisotopic (exact) mass is 290 g/mol. The minimum Gasteiger partial charge on any atom is -0.460 e. The summed E-state index contributed by atoms with van der Waals surface area (Å²) in [5, 5.41) is 3.17. The van der Waals surface area contributed by atoms with Gasteiger partial charge in [-0.2, -0.15) is 4.98 Å². The molecule has 0 saturated carbocycles. The molecule has 1 aromatic carbocycles. The first-order valence-electron chi connectivity index (χ1n) is 5.29. The van der Waals surface area contributed by atoms with E-state index in [1.165, 1.54) is 6.92 Å². The van der Waals surface area contributed by atoms with Crippen LogP contribution in [-0.4, -0.2) is 22.7 Å². The van der Waals surface area contributed by atoms with Gasteiger partial charge in [0.2, 0.25) is 0 Å². The maximum atomic E-state index is 13.5. The largest absolute Gasteiger partial charge is 0.460 e. The molecule has 0 amide bonds. The zero-order valence-corrected chi connectivity index (χ0v) is 9.92. The van der Waals surface area contributed by atoms with Crippen molar-refractivity contribution in [3.8, 4) is 11.5 Å². The highest BCUT2D eigenvalue weighted by Gasteiger charge is 2.24. The van der Waals surface area contributed by atoms with Crippen molar-refractivity contribution >= 4 is 5.97 Å². The van der Waals surface area contributed by atoms with Gasteiger partial charge in [0, 0.05) is 0 Å². The van der Waals surface area contributed by atoms with Crippen LogP contribution in [0.3, 0.4) is 0 Å². The van der Waals surface area contributed by atoms with Crippen LogP contribution < -0.4 is 0 Å². The summed E-state index contributed by atoms with van der Waals surface area (Å²) in [6.07, 6.45) is 0. The molecule has 0 radical (unpaired) electrons. The van der Waals surface area contributed by atoms with Gasteiger partial charge in [0.05, 0.1) is 12.2 Å². The molecular formula is C11H6F4N2O3. The van der Waals surface area contributed by atoms with Crippen molar-refractivity contribution < 1.29 is 31.6 Å². The summed E-state index contributed by atoms with van der Waals surface area (Å²) < 4.78 is 61.4. The summed E-state index contributed by atoms with van der Waals surface area (Å²) in [6, 6.07) is 0.343. The second-order valence-corrected chi connectivity index (χ2v) is 3.49. The van der Waals surface area contributed by atoms with Crippen LogP contribution in [0.15, 0.2) is 10.6 Å². The van der Waals surface area contributed by atoms with Gasteiger partial charge in [-0.1, -0.05) is 0 Å². The molecule has 0 atom stereocenters. The third-order valence-corrected chi connectivity index (χ3v) is 2.22. The molecule has 0 spiro atoms. The van der Waals surface area contributed by atoms with Crippen molar-refractivity contribution in [1.29, 1.82) is 0 Å². The Morgan fingerprint density at radius 1 is 1.25 bits per heavy atom. The van der Waals surface area contributed by atoms with Crippen molar-refractivity contribution in [1.82, 2.24) is 10.1 Å². The van der Waals surface area contributed by atoms with Crippen molar-refractivity contribution in [2.45, 2.75) is 6.92 Å². The average molecular weight is 290 g/mol. The number of aromatic nitrogens is 2. The Hall–Kier alpha value is -2.45. The molecule has 5 nitrogen and oxygen atoms in total. The van der Waals surface area contributed by atoms with Gasteiger partial charge in [-0.15, -0.1) is 0 Å². The van der Waals surface area contributed by atoms with Crippen LogP contribution in [0.5, 0.6) is 0 Å². The van der Waals surface area contributed by atoms with Crippen LogP contribution in [0.2, 0.25) is 0 Å². The summed E-state index contributed by atoms with van der Waals surface area (Å²) in [5.74, 6) is -9.49. The lowest BCUT2D eigenvalue weighted by Gasteiger charge is -2.01. The van der Waals surface area contributed by atoms with Gasteiger partial charge in [-0.3, -0.25) is 0 Å². The molecule has 9 heteroatoms. The molecule has 1 heterocycles. The van der Waals surface area contributed by atoms with Gasteiger partial charge in [0.15, 0.2) is 23.3 Å². The fourth-order valence-corrected chi connectivity index (χ4v) is 1.34. The van der Waals surface area contributed by atoms with Gasteiger partial charge in [0.25, 0.3) is 11.7 Å². The highest BCUT2D eigenvalue weighted by molar-refractivity contribution is 5.85. The lowest BCUT2D eigenvalue weighted by molar-refractivity contribution is 0.0508. The number of rotatable bonds is 3. The quantitative estimate of drug-likeness (QED) is 0.376. The van der Waals surface area contributed by atoms with Crippen molar-refractivity contribution in [2.24, 2.45) is 0 Å². The summed E-state index contributed by atoms with van der Waals surface area (Å²) in [5.41, 5.74) is -0.801. The predicted octanol–water partition coefficient (Wildman–Crippen LogP) is 2.47. The fourth-order valence-electron chi connectivity index (χ4n) is 1.34. The molecule has 0 N–H and O–H groups in total. The van der Waals surface area contributed by atoms with Gasteiger partial charge in [-0.05, 0) is 18.1 Å². The van der Waals surface area contributed by atoms with E-state index in [-0.39, 0.29) is 6.61 Å². The molecule has 0 aliphatic heterocycles. The Labute approximate surface area is 109 Å². The highest BCUT2D eigenvalue weighted by atomic mass is 19.2. The normalized spacial score (nSPS) is 10.7. The maximum Gasteiger partial charge on any atom is 0.379 e. The highest BCUT2D eigenvalue weighted by Crippen LogP contribution is 2.26. The molecular weight excluding hydrogens is 284 g/mol. The third kappa shape index (κ3) is 2.33. The Morgan fingerprint density at radius 2 is 1.95 bits per heavy atom. The number of ether oxygens (including phenoxy) is 1. The Balaban J connectivity index is 2.45. The Kier molecular flexibility index (Phi) is 3.68. The third-order valence-electron chi connectivity index (χ3n) is 2.22. The first kappa shape index (κ1) is 14.0. The number of hydrogen-bond donors (Lipinski definition) is 0. The van der Waals surface area contributed by atoms with E-state index in [1.807, 2.05) is 0 Å². The number of nitrogens with zero attached hydrogens (tertiary/aromatic N) is 2. The van der Waals surface area contributed by atoms with Gasteiger partial charge < -0.3 is 9.26 Å². The lowest BCUT2D eigenvalue weighted by atomic mass is 10.2. The average Bonchev–Trinajstić information content (AvgIpc) is 2.90. The van der Waals surface area contributed by atoms with E-state index in [0.29, 0.717) is 6.07 Å². The molecule has 2 aromatic rings. The number of carbonyl (C=O) groups is 1. The first-order chi connectivity index (χ1) is 9.45. The zero-order valence-electron chi connectivity index (χ0n) is 9.92. The van der Waals surface area contributed by atoms with E-state index >= 15 is 0 Å². The van der Waals surface area contributed by atoms with Gasteiger partial charge in [-0.25, -0.2) is 22.4 Å². The van der Waals surface area contributed by atoms with Crippen molar-refractivity contribution in [2.75, 3.05) is 6.61 Å². The predicted molar refractivity (Wildman–Crippen MR) is 55.5 cm³/mol. The van der Waals surface area contributed by atoms with Crippen molar-refractivity contribution in [3.05, 3.63) is 35.2 Å². The van der Waals surface area contributed by atoms with Crippen LogP contribution in [0.25, 0.3) is 11.5 Å². The first-order valence-corrected chi connectivity index (χ1v) is 5.29. The van der Waals surface area contributed by atoms with E-state index in [0.717, 1.165) is 0 Å². The number of esters is 1. The second kappa shape index (κ2) is 5.27. The SMILES string of the molecule is CCOC(=O)c1noc(-c2cc(F)c(F)c(F)c2F)n1. The number of hydrogen-bond acceptors (Lipinski definition) is 5. The molecule has 0 fully saturated rings. The van der Waals surface area contributed by atoms with Gasteiger partial charge >= 0.3 is 5.97 Å². The van der Waals surface area contributed by atoms with E-state index < -0.39 is 46.5 Å². The van der Waals surface area contributed by atoms with E-state index in [4.69, 9.17) is 0 Å². The van der Waals surface area contributed by atoms with Crippen LogP contribution in [-0.2, 0) is 4.74 Å². The molecule has 1 aromatic heterocycles. The molecule has 0 aliphatic rings. The summed E-state index contributed by atoms with van der Waals surface area (Å²) in [7, 11) is 0. The second-order valence-electron chi connectivity index (χ2n) is 3.49. The van der Waals surface area contributed by atoms with Crippen molar-refractivity contribution in [3.63, 3.8) is 0 Å². The fraction of sp³-hybridized carbons (Fsp3) is 0.182. The molecule has 20 heavy (non-hydrogen) atoms. The molecule has 0 saturated heterocycles. The standard InChI is InChI=1S/C11H6F4N2O3/c1-2-19-11(18)9-16-10(20-17-9)4-3-5(12)7(14)8(15)6(4)13/h3H,2H2,1H3. The summed E-state index contributed by atoms with van der Waals surface area (Å²) >= 11 is 0. The maximum absolute atomic E-state index is 13.5. The van der Waals surface area contributed by atoms with Crippen LogP contribution in [0.4, 0.5) is 17.6 Å². The summed E-state index contributed by atoms with van der Waals surface area (Å²) in [4.78, 5) is 14.7. The minimum atomic E-state index is -2.02. The van der Waals surface area contributed by atoms with Crippen LogP contribution >= 0.6 is 0 Å². The lowest BCUT2D eigenvalue weighted by Crippen LogP contribution is -2.06. The molecule has 106 valence electrons. The van der Waals surface area contributed by atoms with Crippen LogP contribution in [0, 0.1) is 23.3 Å². The smallest absolute Gasteiger partial charge is 0.379 e. The Bertz CT molecular complexity index is 672.